The Bertz CT molecular complexity index is 1210. The van der Waals surface area contributed by atoms with E-state index >= 15 is 0 Å². The summed E-state index contributed by atoms with van der Waals surface area (Å²) in [4.78, 5) is 26.1. The quantitative estimate of drug-likeness (QED) is 0.443. The monoisotopic (exact) mass is 523 g/mol. The minimum Gasteiger partial charge on any atom is -0.354 e. The standard InChI is InChI=1S/C25H23F6N5O/c1-34(20-5-3-2-4-6-20)23(37)15-35-7-9-36(10-8-35)22-14-21(32-16-33-22)17-11-18(24(26,27)28)13-19(12-17)25(29,30)31/h2-6,11-14,16H,7-10,15H2,1H3. The fourth-order valence-corrected chi connectivity index (χ4v) is 4.01. The van der Waals surface area contributed by atoms with Crippen LogP contribution >= 0.6 is 0 Å². The van der Waals surface area contributed by atoms with Crippen LogP contribution in [0.25, 0.3) is 11.3 Å². The van der Waals surface area contributed by atoms with Crippen LogP contribution in [-0.2, 0) is 17.1 Å². The molecule has 4 rings (SSSR count). The Morgan fingerprint density at radius 1 is 0.865 bits per heavy atom. The van der Waals surface area contributed by atoms with E-state index in [1.165, 1.54) is 6.07 Å². The first kappa shape index (κ1) is 26.4. The van der Waals surface area contributed by atoms with Crippen molar-refractivity contribution in [2.75, 3.05) is 49.6 Å². The van der Waals surface area contributed by atoms with Crippen LogP contribution < -0.4 is 9.80 Å². The molecule has 0 spiro atoms. The molecule has 2 aromatic carbocycles. The Morgan fingerprint density at radius 2 is 1.46 bits per heavy atom. The van der Waals surface area contributed by atoms with Gasteiger partial charge >= 0.3 is 12.4 Å². The maximum atomic E-state index is 13.3. The fraction of sp³-hybridized carbons (Fsp3) is 0.320. The number of likely N-dealkylation sites (N-methyl/N-ethyl adjacent to an activating group) is 1. The van der Waals surface area contributed by atoms with E-state index < -0.39 is 23.5 Å². The number of aromatic nitrogens is 2. The molecular weight excluding hydrogens is 500 g/mol. The van der Waals surface area contributed by atoms with Crippen molar-refractivity contribution < 1.29 is 31.1 Å². The molecule has 1 aliphatic rings. The van der Waals surface area contributed by atoms with Gasteiger partial charge < -0.3 is 9.80 Å². The van der Waals surface area contributed by atoms with Crippen LogP contribution in [0.15, 0.2) is 60.9 Å². The molecule has 196 valence electrons. The van der Waals surface area contributed by atoms with Crippen molar-refractivity contribution in [1.29, 1.82) is 0 Å². The zero-order chi connectivity index (χ0) is 26.8. The van der Waals surface area contributed by atoms with E-state index in [4.69, 9.17) is 0 Å². The van der Waals surface area contributed by atoms with Crippen LogP contribution in [0.4, 0.5) is 37.8 Å². The number of carbonyl (C=O) groups is 1. The highest BCUT2D eigenvalue weighted by Crippen LogP contribution is 2.38. The summed E-state index contributed by atoms with van der Waals surface area (Å²) in [5, 5.41) is 0. The van der Waals surface area contributed by atoms with E-state index in [9.17, 15) is 31.1 Å². The number of hydrogen-bond donors (Lipinski definition) is 0. The Balaban J connectivity index is 1.46. The molecule has 1 aromatic heterocycles. The lowest BCUT2D eigenvalue weighted by atomic mass is 10.0. The number of halogens is 6. The third-order valence-corrected chi connectivity index (χ3v) is 6.11. The van der Waals surface area contributed by atoms with Gasteiger partial charge in [-0.25, -0.2) is 9.97 Å². The average Bonchev–Trinajstić information content (AvgIpc) is 2.88. The lowest BCUT2D eigenvalue weighted by Crippen LogP contribution is -2.50. The van der Waals surface area contributed by atoms with Gasteiger partial charge in [-0.05, 0) is 30.3 Å². The van der Waals surface area contributed by atoms with Crippen molar-refractivity contribution in [3.05, 3.63) is 72.1 Å². The van der Waals surface area contributed by atoms with Gasteiger partial charge in [0.05, 0.1) is 23.4 Å². The Kier molecular flexibility index (Phi) is 7.39. The summed E-state index contributed by atoms with van der Waals surface area (Å²) in [5.74, 6) is 0.303. The van der Waals surface area contributed by atoms with Gasteiger partial charge in [0, 0.05) is 50.5 Å². The van der Waals surface area contributed by atoms with Crippen LogP contribution in [0, 0.1) is 0 Å². The number of nitrogens with zero attached hydrogens (tertiary/aromatic N) is 5. The number of alkyl halides is 6. The smallest absolute Gasteiger partial charge is 0.354 e. The molecule has 37 heavy (non-hydrogen) atoms. The van der Waals surface area contributed by atoms with E-state index in [0.29, 0.717) is 44.1 Å². The zero-order valence-corrected chi connectivity index (χ0v) is 19.7. The van der Waals surface area contributed by atoms with Crippen LogP contribution in [-0.4, -0.2) is 60.5 Å². The van der Waals surface area contributed by atoms with E-state index in [1.54, 1.807) is 11.9 Å². The fourth-order valence-electron chi connectivity index (χ4n) is 4.01. The number of piperazine rings is 1. The molecule has 0 unspecified atom stereocenters. The number of rotatable bonds is 5. The Labute approximate surface area is 209 Å². The number of para-hydroxylation sites is 1. The molecule has 1 aliphatic heterocycles. The second-order valence-corrected chi connectivity index (χ2v) is 8.61. The zero-order valence-electron chi connectivity index (χ0n) is 19.7. The molecule has 1 saturated heterocycles. The van der Waals surface area contributed by atoms with Gasteiger partial charge in [0.1, 0.15) is 12.1 Å². The Hall–Kier alpha value is -3.67. The summed E-state index contributed by atoms with van der Waals surface area (Å²) < 4.78 is 79.5. The average molecular weight is 523 g/mol. The van der Waals surface area contributed by atoms with Gasteiger partial charge in [-0.15, -0.1) is 0 Å². The SMILES string of the molecule is CN(C(=O)CN1CCN(c2cc(-c3cc(C(F)(F)F)cc(C(F)(F)F)c3)ncn2)CC1)c1ccccc1. The summed E-state index contributed by atoms with van der Waals surface area (Å²) in [5.41, 5.74) is -2.39. The molecule has 2 heterocycles. The van der Waals surface area contributed by atoms with E-state index in [2.05, 4.69) is 9.97 Å². The topological polar surface area (TPSA) is 52.6 Å². The number of amides is 1. The van der Waals surface area contributed by atoms with Crippen molar-refractivity contribution >= 4 is 17.4 Å². The first-order valence-corrected chi connectivity index (χ1v) is 11.3. The molecule has 1 amide bonds. The van der Waals surface area contributed by atoms with Gasteiger partial charge in [-0.2, -0.15) is 26.3 Å². The predicted octanol–water partition coefficient (Wildman–Crippen LogP) is 4.97. The number of anilines is 2. The van der Waals surface area contributed by atoms with Crippen molar-refractivity contribution in [2.24, 2.45) is 0 Å². The number of carbonyl (C=O) groups excluding carboxylic acids is 1. The largest absolute Gasteiger partial charge is 0.416 e. The highest BCUT2D eigenvalue weighted by Gasteiger charge is 2.37. The van der Waals surface area contributed by atoms with Crippen molar-refractivity contribution in [3.8, 4) is 11.3 Å². The van der Waals surface area contributed by atoms with Crippen LogP contribution in [0.5, 0.6) is 0 Å². The van der Waals surface area contributed by atoms with Crippen LogP contribution in [0.3, 0.4) is 0 Å². The summed E-state index contributed by atoms with van der Waals surface area (Å²) >= 11 is 0. The number of benzene rings is 2. The predicted molar refractivity (Wildman–Crippen MR) is 126 cm³/mol. The summed E-state index contributed by atoms with van der Waals surface area (Å²) in [6.07, 6.45) is -8.79. The molecule has 1 fully saturated rings. The summed E-state index contributed by atoms with van der Waals surface area (Å²) in [6.45, 7) is 2.19. The molecular formula is C25H23F6N5O. The second-order valence-electron chi connectivity index (χ2n) is 8.61. The molecule has 3 aromatic rings. The lowest BCUT2D eigenvalue weighted by molar-refractivity contribution is -0.143. The maximum absolute atomic E-state index is 13.3. The highest BCUT2D eigenvalue weighted by molar-refractivity contribution is 5.94. The maximum Gasteiger partial charge on any atom is 0.416 e. The van der Waals surface area contributed by atoms with Crippen molar-refractivity contribution in [1.82, 2.24) is 14.9 Å². The van der Waals surface area contributed by atoms with Gasteiger partial charge in [-0.3, -0.25) is 9.69 Å². The first-order chi connectivity index (χ1) is 17.4. The van der Waals surface area contributed by atoms with E-state index in [-0.39, 0.29) is 29.8 Å². The van der Waals surface area contributed by atoms with E-state index in [1.807, 2.05) is 40.1 Å². The van der Waals surface area contributed by atoms with Crippen LogP contribution in [0.2, 0.25) is 0 Å². The first-order valence-electron chi connectivity index (χ1n) is 11.3. The van der Waals surface area contributed by atoms with Gasteiger partial charge in [0.2, 0.25) is 5.91 Å². The van der Waals surface area contributed by atoms with Crippen molar-refractivity contribution in [3.63, 3.8) is 0 Å². The second kappa shape index (κ2) is 10.4. The third kappa shape index (κ3) is 6.37. The van der Waals surface area contributed by atoms with Gasteiger partial charge in [0.15, 0.2) is 0 Å². The minimum atomic E-state index is -4.95. The molecule has 0 atom stereocenters. The normalized spacial score (nSPS) is 15.1. The molecule has 6 nitrogen and oxygen atoms in total. The molecule has 0 N–H and O–H groups in total. The molecule has 0 radical (unpaired) electrons. The van der Waals surface area contributed by atoms with Gasteiger partial charge in [0.25, 0.3) is 0 Å². The molecule has 0 bridgehead atoms. The van der Waals surface area contributed by atoms with Crippen molar-refractivity contribution in [2.45, 2.75) is 12.4 Å². The highest BCUT2D eigenvalue weighted by atomic mass is 19.4. The summed E-state index contributed by atoms with van der Waals surface area (Å²) in [7, 11) is 1.70. The van der Waals surface area contributed by atoms with Crippen LogP contribution in [0.1, 0.15) is 11.1 Å². The molecule has 0 aliphatic carbocycles. The number of hydrogen-bond acceptors (Lipinski definition) is 5. The summed E-state index contributed by atoms with van der Waals surface area (Å²) in [6, 6.07) is 12.0. The molecule has 12 heteroatoms. The van der Waals surface area contributed by atoms with E-state index in [0.717, 1.165) is 12.0 Å². The Morgan fingerprint density at radius 3 is 2.03 bits per heavy atom. The minimum absolute atomic E-state index is 0.0521. The van der Waals surface area contributed by atoms with Gasteiger partial charge in [-0.1, -0.05) is 18.2 Å². The molecule has 0 saturated carbocycles. The third-order valence-electron chi connectivity index (χ3n) is 6.11. The lowest BCUT2D eigenvalue weighted by Gasteiger charge is -2.35.